The van der Waals surface area contributed by atoms with Gasteiger partial charge in [-0.25, -0.2) is 4.79 Å². The molecule has 8 nitrogen and oxygen atoms in total. The molecule has 8 heteroatoms. The van der Waals surface area contributed by atoms with Crippen LogP contribution in [0.2, 0.25) is 0 Å². The van der Waals surface area contributed by atoms with Crippen molar-refractivity contribution in [2.75, 3.05) is 26.7 Å². The first-order chi connectivity index (χ1) is 15.0. The molecule has 1 spiro atoms. The van der Waals surface area contributed by atoms with Crippen molar-refractivity contribution in [3.05, 3.63) is 59.7 Å². The van der Waals surface area contributed by atoms with Gasteiger partial charge in [-0.15, -0.1) is 0 Å². The van der Waals surface area contributed by atoms with Crippen LogP contribution < -0.4 is 14.8 Å². The first-order valence-electron chi connectivity index (χ1n) is 10.3. The van der Waals surface area contributed by atoms with Crippen LogP contribution in [0.1, 0.15) is 17.5 Å². The number of nitrogens with zero attached hydrogens (tertiary/aromatic N) is 2. The topological polar surface area (TPSA) is 88.2 Å². The van der Waals surface area contributed by atoms with Crippen molar-refractivity contribution >= 4 is 17.8 Å². The van der Waals surface area contributed by atoms with E-state index in [0.29, 0.717) is 30.9 Å². The van der Waals surface area contributed by atoms with Gasteiger partial charge in [0, 0.05) is 7.05 Å². The number of ether oxygens (including phenoxy) is 2. The zero-order valence-electron chi connectivity index (χ0n) is 17.2. The summed E-state index contributed by atoms with van der Waals surface area (Å²) in [5.41, 5.74) is 0.815. The summed E-state index contributed by atoms with van der Waals surface area (Å²) >= 11 is 0. The van der Waals surface area contributed by atoms with Crippen molar-refractivity contribution in [3.8, 4) is 11.5 Å². The van der Waals surface area contributed by atoms with Crippen LogP contribution in [0.15, 0.2) is 48.5 Å². The number of hydrogen-bond donors (Lipinski definition) is 1. The third kappa shape index (κ3) is 3.19. The normalized spacial score (nSPS) is 23.6. The van der Waals surface area contributed by atoms with Crippen molar-refractivity contribution < 1.29 is 23.9 Å². The van der Waals surface area contributed by atoms with E-state index in [1.165, 1.54) is 4.90 Å². The minimum atomic E-state index is -1.06. The van der Waals surface area contributed by atoms with Gasteiger partial charge in [-0.05, 0) is 36.1 Å². The Labute approximate surface area is 179 Å². The second kappa shape index (κ2) is 7.30. The number of fused-ring (bicyclic) bond motifs is 3. The van der Waals surface area contributed by atoms with Crippen LogP contribution in [0.3, 0.4) is 0 Å². The van der Waals surface area contributed by atoms with Crippen LogP contribution in [-0.4, -0.2) is 60.5 Å². The van der Waals surface area contributed by atoms with Gasteiger partial charge in [0.25, 0.3) is 5.91 Å². The smallest absolute Gasteiger partial charge is 0.325 e. The van der Waals surface area contributed by atoms with E-state index >= 15 is 0 Å². The highest BCUT2D eigenvalue weighted by atomic mass is 16.6. The minimum absolute atomic E-state index is 0.283. The highest BCUT2D eigenvalue weighted by Crippen LogP contribution is 2.41. The van der Waals surface area contributed by atoms with Gasteiger partial charge >= 0.3 is 6.03 Å². The number of carbonyl (C=O) groups is 3. The average Bonchev–Trinajstić information content (AvgIpc) is 3.26. The highest BCUT2D eigenvalue weighted by molar-refractivity contribution is 6.09. The predicted molar refractivity (Wildman–Crippen MR) is 111 cm³/mol. The number of carbonyl (C=O) groups excluding carboxylic acids is 3. The van der Waals surface area contributed by atoms with Crippen LogP contribution in [-0.2, 0) is 21.5 Å². The van der Waals surface area contributed by atoms with Crippen LogP contribution in [0.5, 0.6) is 11.5 Å². The average molecular weight is 421 g/mol. The Morgan fingerprint density at radius 1 is 1.16 bits per heavy atom. The van der Waals surface area contributed by atoms with E-state index in [4.69, 9.17) is 9.47 Å². The van der Waals surface area contributed by atoms with Crippen LogP contribution in [0.4, 0.5) is 4.79 Å². The van der Waals surface area contributed by atoms with Gasteiger partial charge in [0.15, 0.2) is 17.6 Å². The summed E-state index contributed by atoms with van der Waals surface area (Å²) in [6.07, 6.45) is 0.883. The maximum Gasteiger partial charge on any atom is 0.325 e. The van der Waals surface area contributed by atoms with E-state index in [1.807, 2.05) is 48.5 Å². The van der Waals surface area contributed by atoms with Crippen molar-refractivity contribution in [1.82, 2.24) is 15.1 Å². The lowest BCUT2D eigenvalue weighted by atomic mass is 9.92. The molecule has 4 amide bonds. The predicted octanol–water partition coefficient (Wildman–Crippen LogP) is 1.68. The van der Waals surface area contributed by atoms with Crippen LogP contribution in [0, 0.1) is 0 Å². The standard InChI is InChI=1S/C23H23N3O5/c1-25(12-16-14-30-18-8-4-5-9-19(18)31-16)20(27)13-26-21(28)23(24-22(26)29)11-10-15-6-2-3-7-17(15)23/h2-9,16H,10-14H2,1H3,(H,24,29). The third-order valence-corrected chi connectivity index (χ3v) is 6.19. The Morgan fingerprint density at radius 2 is 1.90 bits per heavy atom. The molecule has 1 N–H and O–H groups in total. The SMILES string of the molecule is CN(CC1COc2ccccc2O1)C(=O)CN1C(=O)NC2(CCc3ccccc32)C1=O. The number of imide groups is 1. The number of amides is 4. The Bertz CT molecular complexity index is 1070. The van der Waals surface area contributed by atoms with Crippen molar-refractivity contribution in [1.29, 1.82) is 0 Å². The van der Waals surface area contributed by atoms with E-state index in [-0.39, 0.29) is 31.0 Å². The molecule has 5 rings (SSSR count). The summed E-state index contributed by atoms with van der Waals surface area (Å²) in [7, 11) is 1.63. The Hall–Kier alpha value is -3.55. The Balaban J connectivity index is 1.25. The third-order valence-electron chi connectivity index (χ3n) is 6.19. The number of likely N-dealkylation sites (N-methyl/N-ethyl adjacent to an activating group) is 1. The van der Waals surface area contributed by atoms with Crippen LogP contribution >= 0.6 is 0 Å². The minimum Gasteiger partial charge on any atom is -0.486 e. The van der Waals surface area contributed by atoms with Gasteiger partial charge in [-0.2, -0.15) is 0 Å². The van der Waals surface area contributed by atoms with E-state index in [1.54, 1.807) is 7.05 Å². The molecule has 2 heterocycles. The summed E-state index contributed by atoms with van der Waals surface area (Å²) in [5, 5.41) is 2.84. The molecule has 0 saturated carbocycles. The first kappa shape index (κ1) is 19.4. The molecule has 0 radical (unpaired) electrons. The monoisotopic (exact) mass is 421 g/mol. The second-order valence-corrected chi connectivity index (χ2v) is 8.16. The Morgan fingerprint density at radius 3 is 2.74 bits per heavy atom. The van der Waals surface area contributed by atoms with Crippen molar-refractivity contribution in [2.24, 2.45) is 0 Å². The molecule has 2 unspecified atom stereocenters. The number of nitrogens with one attached hydrogen (secondary N) is 1. The second-order valence-electron chi connectivity index (χ2n) is 8.16. The molecule has 3 aliphatic rings. The fourth-order valence-electron chi connectivity index (χ4n) is 4.55. The van der Waals surface area contributed by atoms with Gasteiger partial charge in [0.05, 0.1) is 6.54 Å². The number of aryl methyl sites for hydroxylation is 1. The molecule has 2 aromatic carbocycles. The van der Waals surface area contributed by atoms with Crippen LogP contribution in [0.25, 0.3) is 0 Å². The van der Waals surface area contributed by atoms with Gasteiger partial charge < -0.3 is 19.7 Å². The van der Waals surface area contributed by atoms with Gasteiger partial charge in [0.1, 0.15) is 18.7 Å². The molecular formula is C23H23N3O5. The van der Waals surface area contributed by atoms with Crippen molar-refractivity contribution in [2.45, 2.75) is 24.5 Å². The fraction of sp³-hybridized carbons (Fsp3) is 0.348. The summed E-state index contributed by atoms with van der Waals surface area (Å²) in [6.45, 7) is 0.289. The largest absolute Gasteiger partial charge is 0.486 e. The lowest BCUT2D eigenvalue weighted by Crippen LogP contribution is -2.47. The quantitative estimate of drug-likeness (QED) is 0.759. The molecule has 160 valence electrons. The summed E-state index contributed by atoms with van der Waals surface area (Å²) in [6, 6.07) is 14.5. The fourth-order valence-corrected chi connectivity index (χ4v) is 4.55. The molecule has 31 heavy (non-hydrogen) atoms. The summed E-state index contributed by atoms with van der Waals surface area (Å²) in [5.74, 6) is 0.606. The van der Waals surface area contributed by atoms with E-state index in [2.05, 4.69) is 5.32 Å². The molecule has 2 atom stereocenters. The molecule has 2 aromatic rings. The van der Waals surface area contributed by atoms with E-state index in [9.17, 15) is 14.4 Å². The molecule has 0 bridgehead atoms. The molecule has 0 aromatic heterocycles. The summed E-state index contributed by atoms with van der Waals surface area (Å²) in [4.78, 5) is 41.1. The Kier molecular flexibility index (Phi) is 4.57. The highest BCUT2D eigenvalue weighted by Gasteiger charge is 2.55. The molecular weight excluding hydrogens is 398 g/mol. The maximum absolute atomic E-state index is 13.2. The maximum atomic E-state index is 13.2. The number of hydrogen-bond acceptors (Lipinski definition) is 5. The van der Waals surface area contributed by atoms with Gasteiger partial charge in [-0.3, -0.25) is 14.5 Å². The molecule has 1 fully saturated rings. The lowest BCUT2D eigenvalue weighted by Gasteiger charge is -2.30. The number of benzene rings is 2. The van der Waals surface area contributed by atoms with Gasteiger partial charge in [0.2, 0.25) is 5.91 Å². The molecule has 1 saturated heterocycles. The van der Waals surface area contributed by atoms with E-state index < -0.39 is 11.6 Å². The van der Waals surface area contributed by atoms with Crippen molar-refractivity contribution in [3.63, 3.8) is 0 Å². The van der Waals surface area contributed by atoms with E-state index in [0.717, 1.165) is 16.0 Å². The zero-order chi connectivity index (χ0) is 21.6. The lowest BCUT2D eigenvalue weighted by molar-refractivity contribution is -0.139. The zero-order valence-corrected chi connectivity index (χ0v) is 17.2. The number of para-hydroxylation sites is 2. The van der Waals surface area contributed by atoms with Gasteiger partial charge in [-0.1, -0.05) is 36.4 Å². The molecule has 2 aliphatic heterocycles. The first-order valence-corrected chi connectivity index (χ1v) is 10.3. The number of rotatable bonds is 4. The number of urea groups is 1. The summed E-state index contributed by atoms with van der Waals surface area (Å²) < 4.78 is 11.6. The molecule has 1 aliphatic carbocycles.